The van der Waals surface area contributed by atoms with Crippen LogP contribution in [0, 0.1) is 0 Å². The first-order chi connectivity index (χ1) is 7.81. The molecule has 0 aliphatic carbocycles. The Hall–Kier alpha value is -1.62. The largest absolute Gasteiger partial charge is 0.345 e. The van der Waals surface area contributed by atoms with E-state index in [-0.39, 0.29) is 0 Å². The van der Waals surface area contributed by atoms with Crippen molar-refractivity contribution >= 4 is 0 Å². The first kappa shape index (κ1) is 10.9. The van der Waals surface area contributed by atoms with E-state index in [0.29, 0.717) is 12.4 Å². The predicted molar refractivity (Wildman–Crippen MR) is 60.0 cm³/mol. The Morgan fingerprint density at radius 1 is 1.50 bits per heavy atom. The van der Waals surface area contributed by atoms with Gasteiger partial charge in [0.2, 0.25) is 5.89 Å². The van der Waals surface area contributed by atoms with E-state index in [9.17, 15) is 0 Å². The number of nitrogens with zero attached hydrogens (tertiary/aromatic N) is 3. The van der Waals surface area contributed by atoms with Gasteiger partial charge in [0.25, 0.3) is 0 Å². The molecular weight excluding hydrogens is 204 g/mol. The Morgan fingerprint density at radius 2 is 2.38 bits per heavy atom. The molecule has 2 rings (SSSR count). The third kappa shape index (κ3) is 2.49. The van der Waals surface area contributed by atoms with Crippen molar-refractivity contribution in [2.45, 2.75) is 26.4 Å². The fourth-order valence-electron chi connectivity index (χ4n) is 1.55. The minimum Gasteiger partial charge on any atom is -0.345 e. The summed E-state index contributed by atoms with van der Waals surface area (Å²) in [6.07, 6.45) is 4.90. The molecule has 1 N–H and O–H groups in total. The third-order valence-electron chi connectivity index (χ3n) is 2.34. The van der Waals surface area contributed by atoms with Gasteiger partial charge < -0.3 is 14.4 Å². The lowest BCUT2D eigenvalue weighted by Gasteiger charge is -1.96. The van der Waals surface area contributed by atoms with E-state index in [1.165, 1.54) is 5.56 Å². The van der Waals surface area contributed by atoms with E-state index in [1.807, 2.05) is 24.7 Å². The molecular formula is C11H16N4O. The second-order valence-electron chi connectivity index (χ2n) is 3.68. The Labute approximate surface area is 94.5 Å². The zero-order chi connectivity index (χ0) is 11.4. The van der Waals surface area contributed by atoms with E-state index in [1.54, 1.807) is 0 Å². The smallest absolute Gasteiger partial charge is 0.246 e. The molecule has 0 spiro atoms. The van der Waals surface area contributed by atoms with Gasteiger partial charge in [-0.1, -0.05) is 12.1 Å². The molecule has 0 bridgehead atoms. The summed E-state index contributed by atoms with van der Waals surface area (Å²) in [7, 11) is 1.93. The first-order valence-electron chi connectivity index (χ1n) is 5.42. The van der Waals surface area contributed by atoms with Crippen LogP contribution in [0.5, 0.6) is 0 Å². The third-order valence-corrected chi connectivity index (χ3v) is 2.34. The molecule has 0 aromatic carbocycles. The van der Waals surface area contributed by atoms with Gasteiger partial charge in [-0.15, -0.1) is 0 Å². The van der Waals surface area contributed by atoms with E-state index >= 15 is 0 Å². The molecule has 0 saturated heterocycles. The molecule has 86 valence electrons. The van der Waals surface area contributed by atoms with Crippen LogP contribution in [0.4, 0.5) is 0 Å². The quantitative estimate of drug-likeness (QED) is 0.822. The molecule has 16 heavy (non-hydrogen) atoms. The molecule has 0 fully saturated rings. The summed E-state index contributed by atoms with van der Waals surface area (Å²) in [5.41, 5.74) is 1.25. The van der Waals surface area contributed by atoms with Gasteiger partial charge in [-0.2, -0.15) is 4.98 Å². The first-order valence-corrected chi connectivity index (χ1v) is 5.42. The molecule has 2 aromatic heterocycles. The fourth-order valence-corrected chi connectivity index (χ4v) is 1.55. The monoisotopic (exact) mass is 220 g/mol. The Morgan fingerprint density at radius 3 is 3.06 bits per heavy atom. The molecule has 2 heterocycles. The highest BCUT2D eigenvalue weighted by Gasteiger charge is 2.05. The van der Waals surface area contributed by atoms with Crippen LogP contribution < -0.4 is 5.32 Å². The van der Waals surface area contributed by atoms with Crippen molar-refractivity contribution < 1.29 is 4.52 Å². The second-order valence-corrected chi connectivity index (χ2v) is 3.68. The van der Waals surface area contributed by atoms with Crippen molar-refractivity contribution in [1.82, 2.24) is 20.0 Å². The summed E-state index contributed by atoms with van der Waals surface area (Å²) in [4.78, 5) is 4.27. The molecule has 5 heteroatoms. The summed E-state index contributed by atoms with van der Waals surface area (Å²) < 4.78 is 7.17. The van der Waals surface area contributed by atoms with Gasteiger partial charge in [0.15, 0.2) is 5.82 Å². The number of hydrogen-bond acceptors (Lipinski definition) is 4. The number of hydrogen-bond donors (Lipinski definition) is 1. The summed E-state index contributed by atoms with van der Waals surface area (Å²) >= 11 is 0. The molecule has 0 atom stereocenters. The van der Waals surface area contributed by atoms with Crippen molar-refractivity contribution in [2.75, 3.05) is 7.05 Å². The maximum absolute atomic E-state index is 5.13. The minimum atomic E-state index is 0.636. The van der Waals surface area contributed by atoms with Crippen molar-refractivity contribution in [1.29, 1.82) is 0 Å². The van der Waals surface area contributed by atoms with Crippen LogP contribution in [0.2, 0.25) is 0 Å². The van der Waals surface area contributed by atoms with Crippen molar-refractivity contribution in [3.8, 4) is 0 Å². The fraction of sp³-hybridized carbons (Fsp3) is 0.455. The van der Waals surface area contributed by atoms with Gasteiger partial charge in [-0.05, 0) is 18.7 Å². The van der Waals surface area contributed by atoms with Crippen molar-refractivity contribution in [3.63, 3.8) is 0 Å². The molecule has 0 aliphatic heterocycles. The molecule has 0 amide bonds. The predicted octanol–water partition coefficient (Wildman–Crippen LogP) is 1.20. The van der Waals surface area contributed by atoms with E-state index in [0.717, 1.165) is 18.8 Å². The lowest BCUT2D eigenvalue weighted by atomic mass is 10.3. The standard InChI is InChI=1S/C11H16N4O/c1-3-10-13-11(16-14-10)8-15-5-4-9(7-15)6-12-2/h4-5,7,12H,3,6,8H2,1-2H3. The Balaban J connectivity index is 2.02. The normalized spacial score (nSPS) is 10.9. The highest BCUT2D eigenvalue weighted by molar-refractivity contribution is 5.10. The SMILES string of the molecule is CCc1noc(Cn2ccc(CNC)c2)n1. The number of aromatic nitrogens is 3. The van der Waals surface area contributed by atoms with Crippen molar-refractivity contribution in [3.05, 3.63) is 35.7 Å². The van der Waals surface area contributed by atoms with Crippen LogP contribution in [0.15, 0.2) is 23.0 Å². The Bertz CT molecular complexity index is 446. The second kappa shape index (κ2) is 4.94. The maximum atomic E-state index is 5.13. The summed E-state index contributed by atoms with van der Waals surface area (Å²) in [6.45, 7) is 3.52. The highest BCUT2D eigenvalue weighted by Crippen LogP contribution is 2.05. The molecule has 0 saturated carbocycles. The van der Waals surface area contributed by atoms with Gasteiger partial charge in [-0.25, -0.2) is 0 Å². The molecule has 0 aliphatic rings. The number of nitrogens with one attached hydrogen (secondary N) is 1. The summed E-state index contributed by atoms with van der Waals surface area (Å²) in [5, 5.41) is 6.97. The zero-order valence-corrected chi connectivity index (χ0v) is 9.60. The van der Waals surface area contributed by atoms with Gasteiger partial charge in [0.1, 0.15) is 6.54 Å². The maximum Gasteiger partial charge on any atom is 0.246 e. The average Bonchev–Trinajstić information content (AvgIpc) is 2.89. The van der Waals surface area contributed by atoms with Crippen LogP contribution >= 0.6 is 0 Å². The van der Waals surface area contributed by atoms with Crippen LogP contribution in [-0.2, 0) is 19.5 Å². The molecule has 0 unspecified atom stereocenters. The van der Waals surface area contributed by atoms with Gasteiger partial charge in [0, 0.05) is 25.4 Å². The topological polar surface area (TPSA) is 55.9 Å². The molecule has 5 nitrogen and oxygen atoms in total. The molecule has 0 radical (unpaired) electrons. The van der Waals surface area contributed by atoms with Crippen LogP contribution in [0.25, 0.3) is 0 Å². The summed E-state index contributed by atoms with van der Waals surface area (Å²) in [5.74, 6) is 1.42. The van der Waals surface area contributed by atoms with E-state index in [4.69, 9.17) is 4.52 Å². The van der Waals surface area contributed by atoms with Gasteiger partial charge in [0.05, 0.1) is 0 Å². The van der Waals surface area contributed by atoms with E-state index in [2.05, 4.69) is 27.7 Å². The van der Waals surface area contributed by atoms with E-state index < -0.39 is 0 Å². The average molecular weight is 220 g/mol. The van der Waals surface area contributed by atoms with Crippen LogP contribution in [0.3, 0.4) is 0 Å². The van der Waals surface area contributed by atoms with Gasteiger partial charge in [-0.3, -0.25) is 0 Å². The number of rotatable bonds is 5. The zero-order valence-electron chi connectivity index (χ0n) is 9.60. The van der Waals surface area contributed by atoms with Crippen LogP contribution in [-0.4, -0.2) is 21.8 Å². The highest BCUT2D eigenvalue weighted by atomic mass is 16.5. The van der Waals surface area contributed by atoms with Gasteiger partial charge >= 0.3 is 0 Å². The Kier molecular flexibility index (Phi) is 3.36. The number of aryl methyl sites for hydroxylation is 1. The lowest BCUT2D eigenvalue weighted by Crippen LogP contribution is -2.04. The lowest BCUT2D eigenvalue weighted by molar-refractivity contribution is 0.366. The van der Waals surface area contributed by atoms with Crippen LogP contribution in [0.1, 0.15) is 24.2 Å². The summed E-state index contributed by atoms with van der Waals surface area (Å²) in [6, 6.07) is 2.08. The minimum absolute atomic E-state index is 0.636. The molecule has 2 aromatic rings. The van der Waals surface area contributed by atoms with Crippen molar-refractivity contribution in [2.24, 2.45) is 0 Å².